The lowest BCUT2D eigenvalue weighted by molar-refractivity contribution is -0.115. The average Bonchev–Trinajstić information content (AvgIpc) is 3.16. The van der Waals surface area contributed by atoms with E-state index in [2.05, 4.69) is 21.4 Å². The van der Waals surface area contributed by atoms with Crippen molar-refractivity contribution in [2.24, 2.45) is 0 Å². The Morgan fingerprint density at radius 2 is 2.00 bits per heavy atom. The first-order valence-corrected chi connectivity index (χ1v) is 10.6. The van der Waals surface area contributed by atoms with Crippen molar-refractivity contribution in [3.8, 4) is 23.1 Å². The Balaban J connectivity index is 1.69. The minimum Gasteiger partial charge on any atom is -0.497 e. The van der Waals surface area contributed by atoms with Gasteiger partial charge in [0.1, 0.15) is 16.8 Å². The number of aryl methyl sites for hydroxylation is 2. The lowest BCUT2D eigenvalue weighted by atomic mass is 10.1. The number of benzene rings is 1. The molecule has 0 bridgehead atoms. The van der Waals surface area contributed by atoms with Crippen molar-refractivity contribution in [3.05, 3.63) is 52.5 Å². The fourth-order valence-electron chi connectivity index (χ4n) is 2.68. The lowest BCUT2D eigenvalue weighted by Gasteiger charge is -2.12. The van der Waals surface area contributed by atoms with E-state index < -0.39 is 5.25 Å². The molecule has 3 aromatic rings. The molecule has 2 heterocycles. The number of amides is 1. The van der Waals surface area contributed by atoms with Crippen LogP contribution in [0.25, 0.3) is 11.3 Å². The van der Waals surface area contributed by atoms with Crippen LogP contribution in [-0.2, 0) is 4.79 Å². The summed E-state index contributed by atoms with van der Waals surface area (Å²) in [6.07, 6.45) is 0. The molecule has 8 heteroatoms. The van der Waals surface area contributed by atoms with Crippen LogP contribution in [0.15, 0.2) is 40.7 Å². The van der Waals surface area contributed by atoms with Gasteiger partial charge in [0.25, 0.3) is 0 Å². The fourth-order valence-corrected chi connectivity index (χ4v) is 4.42. The zero-order valence-corrected chi connectivity index (χ0v) is 18.1. The monoisotopic (exact) mass is 424 g/mol. The van der Waals surface area contributed by atoms with Gasteiger partial charge >= 0.3 is 0 Å². The summed E-state index contributed by atoms with van der Waals surface area (Å²) in [5.41, 5.74) is 3.93. The molecule has 1 unspecified atom stereocenters. The molecule has 0 spiro atoms. The van der Waals surface area contributed by atoms with Gasteiger partial charge in [-0.25, -0.2) is 9.97 Å². The molecule has 0 aliphatic carbocycles. The summed E-state index contributed by atoms with van der Waals surface area (Å²) < 4.78 is 5.17. The number of carbonyl (C=O) groups is 1. The summed E-state index contributed by atoms with van der Waals surface area (Å²) in [7, 11) is 1.62. The van der Waals surface area contributed by atoms with E-state index in [-0.39, 0.29) is 5.91 Å². The number of thiazole rings is 1. The van der Waals surface area contributed by atoms with E-state index in [0.29, 0.717) is 15.7 Å². The molecule has 0 aliphatic heterocycles. The van der Waals surface area contributed by atoms with Crippen molar-refractivity contribution in [3.63, 3.8) is 0 Å². The van der Waals surface area contributed by atoms with Crippen LogP contribution in [0.5, 0.6) is 5.75 Å². The van der Waals surface area contributed by atoms with Gasteiger partial charge in [-0.2, -0.15) is 5.26 Å². The van der Waals surface area contributed by atoms with Crippen molar-refractivity contribution in [2.75, 3.05) is 12.4 Å². The average molecular weight is 425 g/mol. The van der Waals surface area contributed by atoms with Gasteiger partial charge in [-0.3, -0.25) is 4.79 Å². The van der Waals surface area contributed by atoms with Crippen LogP contribution >= 0.6 is 23.1 Å². The number of anilines is 1. The molecule has 2 aromatic heterocycles. The number of aromatic nitrogens is 2. The second-order valence-electron chi connectivity index (χ2n) is 6.39. The van der Waals surface area contributed by atoms with E-state index in [0.717, 1.165) is 28.3 Å². The highest BCUT2D eigenvalue weighted by Crippen LogP contribution is 2.30. The summed E-state index contributed by atoms with van der Waals surface area (Å²) in [5.74, 6) is 0.593. The molecule has 1 atom stereocenters. The normalized spacial score (nSPS) is 11.6. The summed E-state index contributed by atoms with van der Waals surface area (Å²) in [4.78, 5) is 21.5. The fraction of sp³-hybridized carbons (Fsp3) is 0.238. The molecule has 3 rings (SSSR count). The minimum atomic E-state index is -0.427. The molecule has 148 valence electrons. The zero-order valence-electron chi connectivity index (χ0n) is 16.5. The molecule has 0 aliphatic rings. The summed E-state index contributed by atoms with van der Waals surface area (Å²) in [6, 6.07) is 11.6. The Hall–Kier alpha value is -2.89. The van der Waals surface area contributed by atoms with Crippen molar-refractivity contribution >= 4 is 34.1 Å². The number of nitrogens with zero attached hydrogens (tertiary/aromatic N) is 3. The molecule has 6 nitrogen and oxygen atoms in total. The number of thioether (sulfide) groups is 1. The number of carbonyl (C=O) groups excluding carboxylic acids is 1. The Bertz CT molecular complexity index is 1070. The van der Waals surface area contributed by atoms with Crippen LogP contribution in [0, 0.1) is 25.2 Å². The quantitative estimate of drug-likeness (QED) is 0.571. The second kappa shape index (κ2) is 9.07. The van der Waals surface area contributed by atoms with E-state index in [4.69, 9.17) is 4.74 Å². The van der Waals surface area contributed by atoms with Gasteiger partial charge in [0, 0.05) is 16.6 Å². The summed E-state index contributed by atoms with van der Waals surface area (Å²) >= 11 is 2.64. The molecular formula is C21H20N4O2S2. The molecule has 0 radical (unpaired) electrons. The van der Waals surface area contributed by atoms with Crippen molar-refractivity contribution in [1.82, 2.24) is 9.97 Å². The molecule has 0 fully saturated rings. The van der Waals surface area contributed by atoms with E-state index >= 15 is 0 Å². The first-order valence-electron chi connectivity index (χ1n) is 8.87. The third kappa shape index (κ3) is 4.94. The van der Waals surface area contributed by atoms with Crippen LogP contribution in [0.4, 0.5) is 5.13 Å². The highest BCUT2D eigenvalue weighted by molar-refractivity contribution is 8.00. The van der Waals surface area contributed by atoms with E-state index in [9.17, 15) is 10.1 Å². The molecule has 1 N–H and O–H groups in total. The standard InChI is InChI=1S/C21H20N4O2S2/c1-12-9-13(2)23-20(17(12)10-22)29-14(3)19(26)25-21-24-18(11-28-21)15-5-7-16(27-4)8-6-15/h5-9,11,14H,1-4H3,(H,24,25,26). The molecule has 0 saturated carbocycles. The number of ether oxygens (including phenoxy) is 1. The maximum absolute atomic E-state index is 12.6. The molecular weight excluding hydrogens is 404 g/mol. The largest absolute Gasteiger partial charge is 0.497 e. The third-order valence-corrected chi connectivity index (χ3v) is 6.05. The van der Waals surface area contributed by atoms with Crippen LogP contribution in [-0.4, -0.2) is 28.2 Å². The molecule has 0 saturated heterocycles. The second-order valence-corrected chi connectivity index (χ2v) is 8.58. The van der Waals surface area contributed by atoms with Gasteiger partial charge in [-0.1, -0.05) is 11.8 Å². The first kappa shape index (κ1) is 20.8. The van der Waals surface area contributed by atoms with Gasteiger partial charge in [0.15, 0.2) is 5.13 Å². The van der Waals surface area contributed by atoms with Gasteiger partial charge in [-0.15, -0.1) is 11.3 Å². The predicted molar refractivity (Wildman–Crippen MR) is 116 cm³/mol. The molecule has 1 amide bonds. The Morgan fingerprint density at radius 3 is 2.66 bits per heavy atom. The van der Waals surface area contributed by atoms with Crippen LogP contribution < -0.4 is 10.1 Å². The van der Waals surface area contributed by atoms with Crippen LogP contribution in [0.3, 0.4) is 0 Å². The predicted octanol–water partition coefficient (Wildman–Crippen LogP) is 4.82. The smallest absolute Gasteiger partial charge is 0.239 e. The maximum Gasteiger partial charge on any atom is 0.239 e. The number of hydrogen-bond acceptors (Lipinski definition) is 7. The topological polar surface area (TPSA) is 87.9 Å². The Labute approximate surface area is 178 Å². The minimum absolute atomic E-state index is 0.185. The van der Waals surface area contributed by atoms with Gasteiger partial charge < -0.3 is 10.1 Å². The SMILES string of the molecule is COc1ccc(-c2csc(NC(=O)C(C)Sc3nc(C)cc(C)c3C#N)n2)cc1. The zero-order chi connectivity index (χ0) is 21.0. The van der Waals surface area contributed by atoms with Crippen molar-refractivity contribution in [1.29, 1.82) is 5.26 Å². The van der Waals surface area contributed by atoms with Gasteiger partial charge in [0.2, 0.25) is 5.91 Å². The number of pyridine rings is 1. The number of nitriles is 1. The maximum atomic E-state index is 12.6. The van der Waals surface area contributed by atoms with Crippen LogP contribution in [0.1, 0.15) is 23.7 Å². The number of nitrogens with one attached hydrogen (secondary N) is 1. The first-order chi connectivity index (χ1) is 13.9. The highest BCUT2D eigenvalue weighted by Gasteiger charge is 2.20. The highest BCUT2D eigenvalue weighted by atomic mass is 32.2. The number of rotatable bonds is 6. The van der Waals surface area contributed by atoms with E-state index in [1.807, 2.05) is 49.6 Å². The summed E-state index contributed by atoms with van der Waals surface area (Å²) in [6.45, 7) is 5.54. The van der Waals surface area contributed by atoms with Crippen molar-refractivity contribution in [2.45, 2.75) is 31.0 Å². The molecule has 1 aromatic carbocycles. The number of hydrogen-bond donors (Lipinski definition) is 1. The lowest BCUT2D eigenvalue weighted by Crippen LogP contribution is -2.22. The molecule has 29 heavy (non-hydrogen) atoms. The number of methoxy groups -OCH3 is 1. The third-order valence-electron chi connectivity index (χ3n) is 4.20. The van der Waals surface area contributed by atoms with E-state index in [1.54, 1.807) is 14.0 Å². The van der Waals surface area contributed by atoms with Gasteiger partial charge in [-0.05, 0) is 56.7 Å². The van der Waals surface area contributed by atoms with Crippen LogP contribution in [0.2, 0.25) is 0 Å². The Morgan fingerprint density at radius 1 is 1.28 bits per heavy atom. The summed E-state index contributed by atoms with van der Waals surface area (Å²) in [5, 5.41) is 14.8. The van der Waals surface area contributed by atoms with Crippen molar-refractivity contribution < 1.29 is 9.53 Å². The van der Waals surface area contributed by atoms with Gasteiger partial charge in [0.05, 0.1) is 23.6 Å². The Kier molecular flexibility index (Phi) is 6.52. The van der Waals surface area contributed by atoms with E-state index in [1.165, 1.54) is 23.1 Å².